The molecule has 20 heavy (non-hydrogen) atoms. The summed E-state index contributed by atoms with van der Waals surface area (Å²) >= 11 is 4.79. The predicted molar refractivity (Wildman–Crippen MR) is 87.7 cm³/mol. The van der Waals surface area contributed by atoms with E-state index in [0.717, 1.165) is 21.0 Å². The van der Waals surface area contributed by atoms with Gasteiger partial charge in [-0.1, -0.05) is 32.6 Å². The van der Waals surface area contributed by atoms with Crippen LogP contribution in [0, 0.1) is 18.8 Å². The zero-order chi connectivity index (χ0) is 14.8. The lowest BCUT2D eigenvalue weighted by Crippen LogP contribution is -2.27. The van der Waals surface area contributed by atoms with Crippen LogP contribution in [0.15, 0.2) is 14.7 Å². The molecule has 0 unspecified atom stereocenters. The summed E-state index contributed by atoms with van der Waals surface area (Å²) in [7, 11) is -3.35. The molecule has 3 nitrogen and oxygen atoms in total. The molecule has 0 bridgehead atoms. The van der Waals surface area contributed by atoms with E-state index in [1.165, 1.54) is 37.0 Å². The van der Waals surface area contributed by atoms with Gasteiger partial charge in [0.05, 0.1) is 8.68 Å². The van der Waals surface area contributed by atoms with Gasteiger partial charge in [0.1, 0.15) is 0 Å². The molecule has 1 aliphatic rings. The fraction of sp³-hybridized carbons (Fsp3) is 0.714. The number of nitrogens with one attached hydrogen (secondary N) is 1. The molecule has 0 aliphatic heterocycles. The van der Waals surface area contributed by atoms with Crippen LogP contribution in [-0.4, -0.2) is 15.0 Å². The van der Waals surface area contributed by atoms with Gasteiger partial charge in [0.15, 0.2) is 0 Å². The maximum atomic E-state index is 12.2. The number of aryl methyl sites for hydroxylation is 1. The fourth-order valence-electron chi connectivity index (χ4n) is 2.79. The first kappa shape index (κ1) is 16.5. The summed E-state index contributed by atoms with van der Waals surface area (Å²) in [4.78, 5) is 1.24. The molecule has 1 heterocycles. The standard InChI is InChI=1S/C14H22BrNO2S2/c1-10-3-5-12(6-4-10)7-8-16-20(17,18)13-9-14(15)19-11(13)2/h9-10,12,16H,3-8H2,1-2H3. The minimum absolute atomic E-state index is 0.409. The van der Waals surface area contributed by atoms with Gasteiger partial charge >= 0.3 is 0 Å². The Balaban J connectivity index is 1.85. The molecule has 0 amide bonds. The van der Waals surface area contributed by atoms with E-state index in [9.17, 15) is 8.42 Å². The van der Waals surface area contributed by atoms with Gasteiger partial charge in [-0.25, -0.2) is 13.1 Å². The zero-order valence-corrected chi connectivity index (χ0v) is 15.2. The van der Waals surface area contributed by atoms with Crippen LogP contribution < -0.4 is 4.72 Å². The van der Waals surface area contributed by atoms with E-state index in [0.29, 0.717) is 17.4 Å². The molecule has 1 aromatic heterocycles. The van der Waals surface area contributed by atoms with E-state index in [4.69, 9.17) is 0 Å². The van der Waals surface area contributed by atoms with E-state index < -0.39 is 10.0 Å². The lowest BCUT2D eigenvalue weighted by Gasteiger charge is -2.26. The van der Waals surface area contributed by atoms with Crippen molar-refractivity contribution in [1.82, 2.24) is 4.72 Å². The molecule has 1 aliphatic carbocycles. The van der Waals surface area contributed by atoms with Crippen LogP contribution in [0.25, 0.3) is 0 Å². The first-order valence-corrected chi connectivity index (χ1v) is 10.2. The summed E-state index contributed by atoms with van der Waals surface area (Å²) in [5.74, 6) is 1.53. The number of rotatable bonds is 5. The average molecular weight is 380 g/mol. The molecule has 1 fully saturated rings. The maximum absolute atomic E-state index is 12.2. The summed E-state index contributed by atoms with van der Waals surface area (Å²) in [5.41, 5.74) is 0. The van der Waals surface area contributed by atoms with Gasteiger partial charge < -0.3 is 0 Å². The predicted octanol–water partition coefficient (Wildman–Crippen LogP) is 4.31. The van der Waals surface area contributed by atoms with Crippen molar-refractivity contribution < 1.29 is 8.42 Å². The third kappa shape index (κ3) is 4.29. The second-order valence-corrected chi connectivity index (χ2v) is 10.2. The first-order valence-electron chi connectivity index (χ1n) is 7.14. The highest BCUT2D eigenvalue weighted by molar-refractivity contribution is 9.11. The third-order valence-electron chi connectivity index (χ3n) is 4.11. The maximum Gasteiger partial charge on any atom is 0.241 e. The Kier molecular flexibility index (Phi) is 5.68. The van der Waals surface area contributed by atoms with E-state index in [1.807, 2.05) is 6.92 Å². The normalized spacial score (nSPS) is 23.9. The van der Waals surface area contributed by atoms with Gasteiger partial charge in [-0.05, 0) is 47.2 Å². The Morgan fingerprint density at radius 2 is 2.00 bits per heavy atom. The highest BCUT2D eigenvalue weighted by atomic mass is 79.9. The Morgan fingerprint density at radius 3 is 2.55 bits per heavy atom. The SMILES string of the molecule is Cc1sc(Br)cc1S(=O)(=O)NCCC1CCC(C)CC1. The molecule has 1 saturated carbocycles. The molecular formula is C14H22BrNO2S2. The minimum Gasteiger partial charge on any atom is -0.211 e. The number of hydrogen-bond donors (Lipinski definition) is 1. The van der Waals surface area contributed by atoms with Crippen molar-refractivity contribution in [3.05, 3.63) is 14.7 Å². The van der Waals surface area contributed by atoms with Crippen molar-refractivity contribution in [3.8, 4) is 0 Å². The van der Waals surface area contributed by atoms with Gasteiger partial charge in [-0.3, -0.25) is 0 Å². The smallest absolute Gasteiger partial charge is 0.211 e. The van der Waals surface area contributed by atoms with Crippen molar-refractivity contribution >= 4 is 37.3 Å². The van der Waals surface area contributed by atoms with Crippen molar-refractivity contribution in [3.63, 3.8) is 0 Å². The summed E-state index contributed by atoms with van der Waals surface area (Å²) in [6.07, 6.45) is 6.01. The van der Waals surface area contributed by atoms with Crippen LogP contribution >= 0.6 is 27.3 Å². The van der Waals surface area contributed by atoms with Crippen molar-refractivity contribution in [2.45, 2.75) is 50.8 Å². The van der Waals surface area contributed by atoms with Gasteiger partial charge in [-0.2, -0.15) is 0 Å². The monoisotopic (exact) mass is 379 g/mol. The van der Waals surface area contributed by atoms with Crippen LogP contribution in [0.1, 0.15) is 43.9 Å². The van der Waals surface area contributed by atoms with Crippen LogP contribution in [0.3, 0.4) is 0 Å². The number of halogens is 1. The summed E-state index contributed by atoms with van der Waals surface area (Å²) < 4.78 is 28.1. The van der Waals surface area contributed by atoms with Crippen molar-refractivity contribution in [1.29, 1.82) is 0 Å². The van der Waals surface area contributed by atoms with E-state index in [2.05, 4.69) is 27.6 Å². The zero-order valence-electron chi connectivity index (χ0n) is 12.0. The summed E-state index contributed by atoms with van der Waals surface area (Å²) in [5, 5.41) is 0. The van der Waals surface area contributed by atoms with E-state index in [-0.39, 0.29) is 0 Å². The second kappa shape index (κ2) is 6.90. The summed E-state index contributed by atoms with van der Waals surface area (Å²) in [6, 6.07) is 1.69. The Bertz CT molecular complexity index is 546. The van der Waals surface area contributed by atoms with Crippen LogP contribution in [0.4, 0.5) is 0 Å². The van der Waals surface area contributed by atoms with Crippen molar-refractivity contribution in [2.24, 2.45) is 11.8 Å². The second-order valence-electron chi connectivity index (χ2n) is 5.78. The van der Waals surface area contributed by atoms with Crippen LogP contribution in [0.2, 0.25) is 0 Å². The summed E-state index contributed by atoms with van der Waals surface area (Å²) in [6.45, 7) is 4.69. The van der Waals surface area contributed by atoms with Crippen LogP contribution in [0.5, 0.6) is 0 Å². The molecule has 1 N–H and O–H groups in total. The van der Waals surface area contributed by atoms with Gasteiger partial charge in [-0.15, -0.1) is 11.3 Å². The molecule has 0 saturated heterocycles. The van der Waals surface area contributed by atoms with Crippen LogP contribution in [-0.2, 0) is 10.0 Å². The Morgan fingerprint density at radius 1 is 1.35 bits per heavy atom. The quantitative estimate of drug-likeness (QED) is 0.827. The Hall–Kier alpha value is 0.0900. The largest absolute Gasteiger partial charge is 0.241 e. The number of hydrogen-bond acceptors (Lipinski definition) is 3. The highest BCUT2D eigenvalue weighted by Gasteiger charge is 2.21. The molecule has 0 aromatic carbocycles. The molecule has 114 valence electrons. The van der Waals surface area contributed by atoms with Gasteiger partial charge in [0.25, 0.3) is 0 Å². The molecule has 1 aromatic rings. The molecule has 0 atom stereocenters. The third-order valence-corrected chi connectivity index (χ3v) is 7.38. The van der Waals surface area contributed by atoms with Crippen molar-refractivity contribution in [2.75, 3.05) is 6.54 Å². The van der Waals surface area contributed by atoms with E-state index >= 15 is 0 Å². The van der Waals surface area contributed by atoms with Gasteiger partial charge in [0.2, 0.25) is 10.0 Å². The molecule has 6 heteroatoms. The highest BCUT2D eigenvalue weighted by Crippen LogP contribution is 2.31. The lowest BCUT2D eigenvalue weighted by molar-refractivity contribution is 0.278. The Labute approximate surface area is 134 Å². The van der Waals surface area contributed by atoms with E-state index in [1.54, 1.807) is 6.07 Å². The topological polar surface area (TPSA) is 46.2 Å². The lowest BCUT2D eigenvalue weighted by atomic mass is 9.81. The molecule has 0 radical (unpaired) electrons. The molecule has 0 spiro atoms. The molecular weight excluding hydrogens is 358 g/mol. The first-order chi connectivity index (χ1) is 9.38. The number of thiophene rings is 1. The number of sulfonamides is 1. The minimum atomic E-state index is -3.35. The van der Waals surface area contributed by atoms with Gasteiger partial charge in [0, 0.05) is 11.4 Å². The fourth-order valence-corrected chi connectivity index (χ4v) is 6.25. The molecule has 2 rings (SSSR count). The average Bonchev–Trinajstić information content (AvgIpc) is 2.72.